The second-order valence-electron chi connectivity index (χ2n) is 3.38. The average molecular weight is 167 g/mol. The molecular formula is C12H9N. The van der Waals surface area contributed by atoms with Gasteiger partial charge in [0.2, 0.25) is 0 Å². The standard InChI is InChI=1S/C12H9N/c1-3-9-7-10(4-1)11-5-2-6-13-12(11)8-9/h1-6,8H,7H2. The van der Waals surface area contributed by atoms with Crippen LogP contribution in [0.1, 0.15) is 17.7 Å². The monoisotopic (exact) mass is 167 g/mol. The first-order valence-electron chi connectivity index (χ1n) is 4.47. The highest BCUT2D eigenvalue weighted by Gasteiger charge is 2.15. The average Bonchev–Trinajstić information content (AvgIpc) is 2.18. The molecule has 0 amide bonds. The summed E-state index contributed by atoms with van der Waals surface area (Å²) in [5.41, 5.74) is 5.15. The molecule has 0 spiro atoms. The van der Waals surface area contributed by atoms with Crippen molar-refractivity contribution < 1.29 is 0 Å². The second-order valence-corrected chi connectivity index (χ2v) is 3.38. The van der Waals surface area contributed by atoms with E-state index in [1.807, 2.05) is 12.3 Å². The Kier molecular flexibility index (Phi) is 1.28. The molecule has 1 aromatic heterocycles. The zero-order valence-corrected chi connectivity index (χ0v) is 7.20. The molecule has 0 aromatic carbocycles. The lowest BCUT2D eigenvalue weighted by Crippen LogP contribution is -2.01. The molecule has 1 heterocycles. The summed E-state index contributed by atoms with van der Waals surface area (Å²) in [7, 11) is 0. The van der Waals surface area contributed by atoms with Crippen molar-refractivity contribution in [1.29, 1.82) is 0 Å². The van der Waals surface area contributed by atoms with Gasteiger partial charge in [-0.2, -0.15) is 0 Å². The highest BCUT2D eigenvalue weighted by molar-refractivity contribution is 5.83. The minimum Gasteiger partial charge on any atom is -0.256 e. The van der Waals surface area contributed by atoms with E-state index < -0.39 is 0 Å². The van der Waals surface area contributed by atoms with Gasteiger partial charge in [0, 0.05) is 11.8 Å². The van der Waals surface area contributed by atoms with Crippen molar-refractivity contribution in [2.75, 3.05) is 0 Å². The number of fused-ring (bicyclic) bond motifs is 4. The van der Waals surface area contributed by atoms with Crippen LogP contribution in [0.3, 0.4) is 0 Å². The lowest BCUT2D eigenvalue weighted by atomic mass is 9.87. The molecule has 1 aromatic rings. The van der Waals surface area contributed by atoms with Crippen molar-refractivity contribution in [3.8, 4) is 0 Å². The quantitative estimate of drug-likeness (QED) is 0.579. The predicted molar refractivity (Wildman–Crippen MR) is 53.9 cm³/mol. The van der Waals surface area contributed by atoms with E-state index in [1.165, 1.54) is 16.7 Å². The van der Waals surface area contributed by atoms with Gasteiger partial charge in [0.15, 0.2) is 0 Å². The molecule has 13 heavy (non-hydrogen) atoms. The Morgan fingerprint density at radius 1 is 1.31 bits per heavy atom. The van der Waals surface area contributed by atoms with Crippen LogP contribution < -0.4 is 0 Å². The summed E-state index contributed by atoms with van der Waals surface area (Å²) in [5, 5.41) is 0. The first-order chi connectivity index (χ1) is 6.43. The van der Waals surface area contributed by atoms with E-state index >= 15 is 0 Å². The van der Waals surface area contributed by atoms with Crippen molar-refractivity contribution in [2.24, 2.45) is 0 Å². The van der Waals surface area contributed by atoms with Gasteiger partial charge in [-0.15, -0.1) is 0 Å². The molecule has 0 fully saturated rings. The fourth-order valence-electron chi connectivity index (χ4n) is 1.89. The van der Waals surface area contributed by atoms with Gasteiger partial charge in [0.25, 0.3) is 0 Å². The van der Waals surface area contributed by atoms with Crippen molar-refractivity contribution in [1.82, 2.24) is 4.98 Å². The number of aromatic nitrogens is 1. The van der Waals surface area contributed by atoms with Gasteiger partial charge >= 0.3 is 0 Å². The topological polar surface area (TPSA) is 12.9 Å². The van der Waals surface area contributed by atoms with Gasteiger partial charge in [0.1, 0.15) is 0 Å². The number of hydrogen-bond acceptors (Lipinski definition) is 1. The maximum atomic E-state index is 4.35. The highest BCUT2D eigenvalue weighted by Crippen LogP contribution is 2.34. The van der Waals surface area contributed by atoms with Crippen LogP contribution in [0.25, 0.3) is 11.6 Å². The molecular weight excluding hydrogens is 158 g/mol. The van der Waals surface area contributed by atoms with Crippen molar-refractivity contribution in [3.05, 3.63) is 53.4 Å². The van der Waals surface area contributed by atoms with Crippen LogP contribution in [0.15, 0.2) is 42.1 Å². The Balaban J connectivity index is 2.32. The fourth-order valence-corrected chi connectivity index (χ4v) is 1.89. The third kappa shape index (κ3) is 0.970. The van der Waals surface area contributed by atoms with Gasteiger partial charge in [0.05, 0.1) is 5.69 Å². The highest BCUT2D eigenvalue weighted by atomic mass is 14.7. The Morgan fingerprint density at radius 2 is 2.31 bits per heavy atom. The zero-order chi connectivity index (χ0) is 8.67. The molecule has 2 aliphatic rings. The molecule has 62 valence electrons. The fraction of sp³-hybridized carbons (Fsp3) is 0.0833. The van der Waals surface area contributed by atoms with Gasteiger partial charge in [-0.1, -0.05) is 24.3 Å². The van der Waals surface area contributed by atoms with Crippen molar-refractivity contribution >= 4 is 11.6 Å². The van der Waals surface area contributed by atoms with Crippen molar-refractivity contribution in [3.63, 3.8) is 0 Å². The summed E-state index contributed by atoms with van der Waals surface area (Å²) in [6.07, 6.45) is 11.5. The van der Waals surface area contributed by atoms with Crippen LogP contribution in [-0.4, -0.2) is 4.98 Å². The second kappa shape index (κ2) is 2.43. The zero-order valence-electron chi connectivity index (χ0n) is 7.20. The van der Waals surface area contributed by atoms with Gasteiger partial charge in [-0.05, 0) is 29.7 Å². The van der Waals surface area contributed by atoms with Gasteiger partial charge in [-0.3, -0.25) is 4.98 Å². The lowest BCUT2D eigenvalue weighted by molar-refractivity contribution is 1.19. The normalized spacial score (nSPS) is 17.5. The molecule has 0 atom stereocenters. The Bertz CT molecular complexity index is 450. The predicted octanol–water partition coefficient (Wildman–Crippen LogP) is 2.82. The molecule has 0 saturated heterocycles. The van der Waals surface area contributed by atoms with Crippen LogP contribution >= 0.6 is 0 Å². The third-order valence-corrected chi connectivity index (χ3v) is 2.51. The Morgan fingerprint density at radius 3 is 3.31 bits per heavy atom. The van der Waals surface area contributed by atoms with E-state index in [9.17, 15) is 0 Å². The number of hydrogen-bond donors (Lipinski definition) is 0. The maximum absolute atomic E-state index is 4.35. The SMILES string of the molecule is C1=CC2=Cc3ncccc3C(=C1)C2. The molecule has 0 aliphatic heterocycles. The van der Waals surface area contributed by atoms with Crippen LogP contribution in [0.4, 0.5) is 0 Å². The van der Waals surface area contributed by atoms with Gasteiger partial charge in [-0.25, -0.2) is 0 Å². The number of rotatable bonds is 0. The van der Waals surface area contributed by atoms with Crippen LogP contribution in [-0.2, 0) is 0 Å². The molecule has 0 unspecified atom stereocenters. The van der Waals surface area contributed by atoms with E-state index in [-0.39, 0.29) is 0 Å². The number of nitrogens with zero attached hydrogens (tertiary/aromatic N) is 1. The largest absolute Gasteiger partial charge is 0.256 e. The molecule has 0 saturated carbocycles. The van der Waals surface area contributed by atoms with E-state index in [4.69, 9.17) is 0 Å². The maximum Gasteiger partial charge on any atom is 0.0707 e. The molecule has 1 nitrogen and oxygen atoms in total. The Hall–Kier alpha value is -1.63. The first kappa shape index (κ1) is 6.84. The van der Waals surface area contributed by atoms with Crippen molar-refractivity contribution in [2.45, 2.75) is 6.42 Å². The molecule has 0 N–H and O–H groups in total. The third-order valence-electron chi connectivity index (χ3n) is 2.51. The van der Waals surface area contributed by atoms with E-state index in [2.05, 4.69) is 35.4 Å². The smallest absolute Gasteiger partial charge is 0.0707 e. The van der Waals surface area contributed by atoms with E-state index in [0.29, 0.717) is 0 Å². The van der Waals surface area contributed by atoms with Crippen LogP contribution in [0.2, 0.25) is 0 Å². The molecule has 0 radical (unpaired) electrons. The van der Waals surface area contributed by atoms with Crippen LogP contribution in [0.5, 0.6) is 0 Å². The minimum atomic E-state index is 1.06. The van der Waals surface area contributed by atoms with E-state index in [0.717, 1.165) is 12.1 Å². The molecule has 2 bridgehead atoms. The van der Waals surface area contributed by atoms with Gasteiger partial charge < -0.3 is 0 Å². The molecule has 3 rings (SSSR count). The van der Waals surface area contributed by atoms with Crippen LogP contribution in [0, 0.1) is 0 Å². The summed E-state index contributed by atoms with van der Waals surface area (Å²) >= 11 is 0. The molecule has 2 aliphatic carbocycles. The number of allylic oxidation sites excluding steroid dienone is 5. The van der Waals surface area contributed by atoms with E-state index in [1.54, 1.807) is 0 Å². The minimum absolute atomic E-state index is 1.06. The summed E-state index contributed by atoms with van der Waals surface area (Å²) in [5.74, 6) is 0. The summed E-state index contributed by atoms with van der Waals surface area (Å²) in [6.45, 7) is 0. The Labute approximate surface area is 77.1 Å². The summed E-state index contributed by atoms with van der Waals surface area (Å²) in [4.78, 5) is 4.35. The lowest BCUT2D eigenvalue weighted by Gasteiger charge is -2.19. The first-order valence-corrected chi connectivity index (χ1v) is 4.47. The summed E-state index contributed by atoms with van der Waals surface area (Å²) in [6, 6.07) is 4.14. The molecule has 1 heteroatoms. The summed E-state index contributed by atoms with van der Waals surface area (Å²) < 4.78 is 0. The number of pyridine rings is 1.